The largest absolute Gasteiger partial charge is 0.118 e. The highest BCUT2D eigenvalue weighted by molar-refractivity contribution is 6.48. The topological polar surface area (TPSA) is 0 Å². The van der Waals surface area contributed by atoms with E-state index in [1.807, 2.05) is 6.92 Å². The molecule has 0 spiro atoms. The molecule has 0 amide bonds. The molecule has 2 heteroatoms. The van der Waals surface area contributed by atoms with Crippen LogP contribution in [0.5, 0.6) is 0 Å². The van der Waals surface area contributed by atoms with E-state index in [0.29, 0.717) is 6.42 Å². The molecule has 0 aliphatic carbocycles. The smallest absolute Gasteiger partial charge is 0.102 e. The molecular weight excluding hydrogens is 119 g/mol. The van der Waals surface area contributed by atoms with Crippen molar-refractivity contribution in [2.24, 2.45) is 0 Å². The Hall–Kier alpha value is 0.580. The van der Waals surface area contributed by atoms with E-state index in [-0.39, 0.29) is 0 Å². The van der Waals surface area contributed by atoms with Crippen molar-refractivity contribution in [1.82, 2.24) is 0 Å². The van der Waals surface area contributed by atoms with Gasteiger partial charge in [-0.25, -0.2) is 0 Å². The van der Waals surface area contributed by atoms with Crippen LogP contribution in [-0.2, 0) is 0 Å². The highest BCUT2D eigenvalue weighted by atomic mass is 35.5. The first-order valence-electron chi connectivity index (χ1n) is 1.79. The monoisotopic (exact) mass is 125 g/mol. The van der Waals surface area contributed by atoms with Crippen molar-refractivity contribution in [3.05, 3.63) is 6.92 Å². The van der Waals surface area contributed by atoms with Crippen LogP contribution in [0, 0.1) is 6.92 Å². The van der Waals surface area contributed by atoms with E-state index in [9.17, 15) is 0 Å². The van der Waals surface area contributed by atoms with E-state index in [1.165, 1.54) is 0 Å². The van der Waals surface area contributed by atoms with Crippen LogP contribution >= 0.6 is 23.2 Å². The second-order valence-electron chi connectivity index (χ2n) is 1.21. The Morgan fingerprint density at radius 1 is 1.67 bits per heavy atom. The maximum absolute atomic E-state index is 5.37. The van der Waals surface area contributed by atoms with Gasteiger partial charge in [0.1, 0.15) is 4.33 Å². The minimum absolute atomic E-state index is 0.691. The lowest BCUT2D eigenvalue weighted by atomic mass is 10.4. The Morgan fingerprint density at radius 3 is 1.83 bits per heavy atom. The van der Waals surface area contributed by atoms with Gasteiger partial charge in [0.2, 0.25) is 0 Å². The normalized spacial score (nSPS) is 12.0. The summed E-state index contributed by atoms with van der Waals surface area (Å²) in [6.07, 6.45) is 0.691. The average molecular weight is 126 g/mol. The van der Waals surface area contributed by atoms with Crippen LogP contribution in [0.1, 0.15) is 13.3 Å². The second kappa shape index (κ2) is 2.04. The van der Waals surface area contributed by atoms with Crippen LogP contribution in [0.3, 0.4) is 0 Å². The Balaban J connectivity index is 3.17. The summed E-state index contributed by atoms with van der Waals surface area (Å²) in [4.78, 5) is 0. The van der Waals surface area contributed by atoms with Crippen molar-refractivity contribution in [3.63, 3.8) is 0 Å². The molecule has 0 heterocycles. The summed E-state index contributed by atoms with van der Waals surface area (Å²) < 4.78 is -0.764. The minimum Gasteiger partial charge on any atom is -0.102 e. The molecule has 0 N–H and O–H groups in total. The molecular formula is C4H7Cl2. The van der Waals surface area contributed by atoms with Gasteiger partial charge in [0.25, 0.3) is 0 Å². The maximum Gasteiger partial charge on any atom is 0.118 e. The van der Waals surface area contributed by atoms with Gasteiger partial charge >= 0.3 is 0 Å². The van der Waals surface area contributed by atoms with Gasteiger partial charge < -0.3 is 0 Å². The van der Waals surface area contributed by atoms with Crippen LogP contribution in [0.2, 0.25) is 0 Å². The third-order valence-corrected chi connectivity index (χ3v) is 1.05. The third-order valence-electron chi connectivity index (χ3n) is 0.517. The predicted octanol–water partition coefficient (Wildman–Crippen LogP) is 2.40. The SMILES string of the molecule is [CH2]C(Cl)(Cl)CC. The standard InChI is InChI=1S/C4H7Cl2/c1-3-4(2,5)6/h2-3H2,1H3. The molecule has 0 unspecified atom stereocenters. The van der Waals surface area contributed by atoms with Gasteiger partial charge in [0.05, 0.1) is 0 Å². The molecule has 0 rings (SSSR count). The van der Waals surface area contributed by atoms with Gasteiger partial charge in [-0.2, -0.15) is 0 Å². The van der Waals surface area contributed by atoms with E-state index in [0.717, 1.165) is 0 Å². The maximum atomic E-state index is 5.37. The predicted molar refractivity (Wildman–Crippen MR) is 30.1 cm³/mol. The van der Waals surface area contributed by atoms with Crippen LogP contribution in [0.25, 0.3) is 0 Å². The zero-order chi connectivity index (χ0) is 5.21. The van der Waals surface area contributed by atoms with Crippen molar-refractivity contribution in [2.45, 2.75) is 17.7 Å². The van der Waals surface area contributed by atoms with Crippen LogP contribution < -0.4 is 0 Å². The summed E-state index contributed by atoms with van der Waals surface area (Å²) >= 11 is 10.7. The lowest BCUT2D eigenvalue weighted by Crippen LogP contribution is -2.01. The molecule has 6 heavy (non-hydrogen) atoms. The number of halogens is 2. The van der Waals surface area contributed by atoms with Crippen molar-refractivity contribution in [2.75, 3.05) is 0 Å². The first-order chi connectivity index (χ1) is 2.56. The summed E-state index contributed by atoms with van der Waals surface area (Å²) in [5.41, 5.74) is 0. The van der Waals surface area contributed by atoms with Crippen molar-refractivity contribution >= 4 is 23.2 Å². The van der Waals surface area contributed by atoms with Gasteiger partial charge in [0.15, 0.2) is 0 Å². The van der Waals surface area contributed by atoms with E-state index >= 15 is 0 Å². The fourth-order valence-electron chi connectivity index (χ4n) is 0. The van der Waals surface area contributed by atoms with Gasteiger partial charge in [-0.15, -0.1) is 23.2 Å². The number of alkyl halides is 2. The van der Waals surface area contributed by atoms with Gasteiger partial charge in [-0.3, -0.25) is 0 Å². The van der Waals surface area contributed by atoms with Crippen molar-refractivity contribution in [3.8, 4) is 0 Å². The fourth-order valence-corrected chi connectivity index (χ4v) is 0. The number of hydrogen-bond donors (Lipinski definition) is 0. The fraction of sp³-hybridized carbons (Fsp3) is 0.750. The van der Waals surface area contributed by atoms with E-state index < -0.39 is 4.33 Å². The van der Waals surface area contributed by atoms with Gasteiger partial charge in [0, 0.05) is 0 Å². The van der Waals surface area contributed by atoms with E-state index in [2.05, 4.69) is 6.92 Å². The van der Waals surface area contributed by atoms with Gasteiger partial charge in [-0.1, -0.05) is 6.92 Å². The molecule has 0 bridgehead atoms. The van der Waals surface area contributed by atoms with Crippen molar-refractivity contribution in [1.29, 1.82) is 0 Å². The highest BCUT2D eigenvalue weighted by Gasteiger charge is 2.10. The zero-order valence-electron chi connectivity index (χ0n) is 3.67. The Kier molecular flexibility index (Phi) is 2.23. The van der Waals surface area contributed by atoms with E-state index in [4.69, 9.17) is 23.2 Å². The molecule has 0 nitrogen and oxygen atoms in total. The van der Waals surface area contributed by atoms with Crippen LogP contribution in [0.15, 0.2) is 0 Å². The Bertz CT molecular complexity index is 35.3. The first kappa shape index (κ1) is 6.58. The molecule has 0 saturated carbocycles. The quantitative estimate of drug-likeness (QED) is 0.473. The molecule has 1 radical (unpaired) electrons. The van der Waals surface area contributed by atoms with Crippen LogP contribution in [-0.4, -0.2) is 4.33 Å². The molecule has 0 aromatic heterocycles. The summed E-state index contributed by atoms with van der Waals surface area (Å²) in [5.74, 6) is 0. The van der Waals surface area contributed by atoms with Crippen molar-refractivity contribution < 1.29 is 0 Å². The summed E-state index contributed by atoms with van der Waals surface area (Å²) in [5, 5.41) is 0. The van der Waals surface area contributed by atoms with E-state index in [1.54, 1.807) is 0 Å². The average Bonchev–Trinajstić information content (AvgIpc) is 1.35. The highest BCUT2D eigenvalue weighted by Crippen LogP contribution is 2.21. The third kappa shape index (κ3) is 4.58. The Morgan fingerprint density at radius 2 is 1.83 bits per heavy atom. The summed E-state index contributed by atoms with van der Waals surface area (Å²) in [6.45, 7) is 5.30. The minimum atomic E-state index is -0.764. The van der Waals surface area contributed by atoms with Gasteiger partial charge in [-0.05, 0) is 13.3 Å². The molecule has 0 saturated heterocycles. The Labute approximate surface area is 48.4 Å². The molecule has 37 valence electrons. The summed E-state index contributed by atoms with van der Waals surface area (Å²) in [7, 11) is 0. The zero-order valence-corrected chi connectivity index (χ0v) is 5.18. The molecule has 0 fully saturated rings. The molecule has 0 aliphatic heterocycles. The first-order valence-corrected chi connectivity index (χ1v) is 2.55. The molecule has 0 aliphatic rings. The molecule has 0 atom stereocenters. The second-order valence-corrected chi connectivity index (χ2v) is 2.85. The molecule has 0 aromatic carbocycles. The lowest BCUT2D eigenvalue weighted by Gasteiger charge is -2.05. The summed E-state index contributed by atoms with van der Waals surface area (Å²) in [6, 6.07) is 0. The lowest BCUT2D eigenvalue weighted by molar-refractivity contribution is 0.893. The molecule has 0 aromatic rings. The number of rotatable bonds is 1. The number of hydrogen-bond acceptors (Lipinski definition) is 0. The van der Waals surface area contributed by atoms with Crippen LogP contribution in [0.4, 0.5) is 0 Å².